The number of anilines is 1. The lowest BCUT2D eigenvalue weighted by Gasteiger charge is -2.31. The van der Waals surface area contributed by atoms with Crippen LogP contribution in [0.4, 0.5) is 5.69 Å². The van der Waals surface area contributed by atoms with E-state index in [-0.39, 0.29) is 11.8 Å². The molecule has 7 nitrogen and oxygen atoms in total. The fourth-order valence-electron chi connectivity index (χ4n) is 2.93. The van der Waals surface area contributed by atoms with Crippen molar-refractivity contribution < 1.29 is 23.9 Å². The van der Waals surface area contributed by atoms with Crippen LogP contribution >= 0.6 is 0 Å². The zero-order valence-electron chi connectivity index (χ0n) is 15.5. The number of hydrogen-bond acceptors (Lipinski definition) is 5. The molecule has 7 heteroatoms. The van der Waals surface area contributed by atoms with Gasteiger partial charge in [0.15, 0.2) is 6.10 Å². The number of nitrogens with zero attached hydrogens (tertiary/aromatic N) is 1. The highest BCUT2D eigenvalue weighted by atomic mass is 16.5. The molecular formula is C19H26N2O5. The van der Waals surface area contributed by atoms with Gasteiger partial charge in [-0.2, -0.15) is 0 Å². The van der Waals surface area contributed by atoms with Crippen LogP contribution in [0, 0.1) is 5.92 Å². The zero-order chi connectivity index (χ0) is 19.1. The number of carbonyl (C=O) groups excluding carboxylic acids is 3. The topological polar surface area (TPSA) is 84.9 Å². The smallest absolute Gasteiger partial charge is 0.311 e. The summed E-state index contributed by atoms with van der Waals surface area (Å²) >= 11 is 0. The van der Waals surface area contributed by atoms with Gasteiger partial charge in [-0.15, -0.1) is 0 Å². The van der Waals surface area contributed by atoms with Gasteiger partial charge in [0.2, 0.25) is 5.91 Å². The van der Waals surface area contributed by atoms with Gasteiger partial charge in [0.1, 0.15) is 5.75 Å². The lowest BCUT2D eigenvalue weighted by molar-refractivity contribution is -0.159. The normalized spacial score (nSPS) is 18.0. The summed E-state index contributed by atoms with van der Waals surface area (Å²) in [5, 5.41) is 2.70. The molecule has 1 saturated heterocycles. The summed E-state index contributed by atoms with van der Waals surface area (Å²) in [6.07, 6.45) is 0.893. The summed E-state index contributed by atoms with van der Waals surface area (Å²) in [6.45, 7) is 4.35. The average Bonchev–Trinajstić information content (AvgIpc) is 2.67. The molecule has 142 valence electrons. The number of amides is 2. The highest BCUT2D eigenvalue weighted by Crippen LogP contribution is 2.24. The van der Waals surface area contributed by atoms with Crippen LogP contribution in [0.3, 0.4) is 0 Å². The molecule has 0 spiro atoms. The number of likely N-dealkylation sites (tertiary alicyclic amines) is 1. The monoisotopic (exact) mass is 362 g/mol. The Morgan fingerprint density at radius 2 is 2.04 bits per heavy atom. The van der Waals surface area contributed by atoms with Crippen molar-refractivity contribution >= 4 is 23.5 Å². The standard InChI is InChI=1S/C19H26N2O5/c1-4-17(22)21-11-7-8-14(12-21)19(24)26-13(2)18(23)20-15-9-5-6-10-16(15)25-3/h5-6,9-10,13-14H,4,7-8,11-12H2,1-3H3,(H,20,23). The van der Waals surface area contributed by atoms with E-state index in [4.69, 9.17) is 9.47 Å². The first-order valence-corrected chi connectivity index (χ1v) is 8.88. The number of nitrogens with one attached hydrogen (secondary N) is 1. The van der Waals surface area contributed by atoms with Gasteiger partial charge in [0.25, 0.3) is 5.91 Å². The number of rotatable bonds is 6. The predicted octanol–water partition coefficient (Wildman–Crippen LogP) is 2.21. The summed E-state index contributed by atoms with van der Waals surface area (Å²) in [7, 11) is 1.51. The lowest BCUT2D eigenvalue weighted by Crippen LogP contribution is -2.43. The van der Waals surface area contributed by atoms with Crippen molar-refractivity contribution in [2.45, 2.75) is 39.2 Å². The number of esters is 1. The Kier molecular flexibility index (Phi) is 7.00. The van der Waals surface area contributed by atoms with Crippen molar-refractivity contribution in [2.75, 3.05) is 25.5 Å². The first kappa shape index (κ1) is 19.8. The maximum Gasteiger partial charge on any atom is 0.311 e. The minimum Gasteiger partial charge on any atom is -0.495 e. The van der Waals surface area contributed by atoms with Gasteiger partial charge < -0.3 is 19.7 Å². The Balaban J connectivity index is 1.91. The van der Waals surface area contributed by atoms with Crippen LogP contribution in [0.2, 0.25) is 0 Å². The summed E-state index contributed by atoms with van der Waals surface area (Å²) in [5.41, 5.74) is 0.514. The van der Waals surface area contributed by atoms with E-state index in [0.29, 0.717) is 37.4 Å². The average molecular weight is 362 g/mol. The van der Waals surface area contributed by atoms with E-state index in [9.17, 15) is 14.4 Å². The zero-order valence-corrected chi connectivity index (χ0v) is 15.5. The Morgan fingerprint density at radius 1 is 1.31 bits per heavy atom. The molecular weight excluding hydrogens is 336 g/mol. The molecule has 2 amide bonds. The van der Waals surface area contributed by atoms with E-state index in [0.717, 1.165) is 6.42 Å². The van der Waals surface area contributed by atoms with E-state index < -0.39 is 18.0 Å². The SMILES string of the molecule is CCC(=O)N1CCCC(C(=O)OC(C)C(=O)Nc2ccccc2OC)C1. The first-order valence-electron chi connectivity index (χ1n) is 8.88. The van der Waals surface area contributed by atoms with Crippen molar-refractivity contribution in [1.82, 2.24) is 4.90 Å². The maximum absolute atomic E-state index is 12.4. The van der Waals surface area contributed by atoms with Crippen LogP contribution in [-0.4, -0.2) is 49.0 Å². The fourth-order valence-corrected chi connectivity index (χ4v) is 2.93. The van der Waals surface area contributed by atoms with Crippen LogP contribution in [0.5, 0.6) is 5.75 Å². The molecule has 0 saturated carbocycles. The first-order chi connectivity index (χ1) is 12.5. The molecule has 0 aromatic heterocycles. The quantitative estimate of drug-likeness (QED) is 0.785. The second-order valence-corrected chi connectivity index (χ2v) is 6.30. The lowest BCUT2D eigenvalue weighted by atomic mass is 9.98. The molecule has 1 aliphatic rings. The molecule has 2 unspecified atom stereocenters. The largest absolute Gasteiger partial charge is 0.495 e. The van der Waals surface area contributed by atoms with Gasteiger partial charge in [-0.3, -0.25) is 14.4 Å². The summed E-state index contributed by atoms with van der Waals surface area (Å²) in [6, 6.07) is 7.01. The third kappa shape index (κ3) is 4.97. The molecule has 2 rings (SSSR count). The minimum absolute atomic E-state index is 0.0319. The number of carbonyl (C=O) groups is 3. The maximum atomic E-state index is 12.4. The molecule has 1 aliphatic heterocycles. The van der Waals surface area contributed by atoms with Crippen molar-refractivity contribution in [3.8, 4) is 5.75 Å². The number of para-hydroxylation sites is 2. The third-order valence-corrected chi connectivity index (χ3v) is 4.44. The Hall–Kier alpha value is -2.57. The summed E-state index contributed by atoms with van der Waals surface area (Å²) in [5.74, 6) is -0.702. The number of benzene rings is 1. The van der Waals surface area contributed by atoms with E-state index >= 15 is 0 Å². The third-order valence-electron chi connectivity index (χ3n) is 4.44. The number of ether oxygens (including phenoxy) is 2. The summed E-state index contributed by atoms with van der Waals surface area (Å²) < 4.78 is 10.5. The molecule has 1 aromatic rings. The fraction of sp³-hybridized carbons (Fsp3) is 0.526. The number of piperidine rings is 1. The van der Waals surface area contributed by atoms with E-state index in [2.05, 4.69) is 5.32 Å². The van der Waals surface area contributed by atoms with Gasteiger partial charge in [-0.1, -0.05) is 19.1 Å². The Morgan fingerprint density at radius 3 is 2.73 bits per heavy atom. The molecule has 2 atom stereocenters. The minimum atomic E-state index is -0.940. The number of methoxy groups -OCH3 is 1. The van der Waals surface area contributed by atoms with Gasteiger partial charge in [-0.25, -0.2) is 0 Å². The van der Waals surface area contributed by atoms with Crippen LogP contribution < -0.4 is 10.1 Å². The van der Waals surface area contributed by atoms with Gasteiger partial charge in [0, 0.05) is 19.5 Å². The summed E-state index contributed by atoms with van der Waals surface area (Å²) in [4.78, 5) is 38.2. The van der Waals surface area contributed by atoms with E-state index in [1.807, 2.05) is 0 Å². The van der Waals surface area contributed by atoms with Gasteiger partial charge in [0.05, 0.1) is 18.7 Å². The second-order valence-electron chi connectivity index (χ2n) is 6.30. The second kappa shape index (κ2) is 9.22. The molecule has 0 bridgehead atoms. The molecule has 1 heterocycles. The highest BCUT2D eigenvalue weighted by molar-refractivity contribution is 5.96. The number of hydrogen-bond donors (Lipinski definition) is 1. The van der Waals surface area contributed by atoms with Crippen molar-refractivity contribution in [1.29, 1.82) is 0 Å². The van der Waals surface area contributed by atoms with Crippen LogP contribution in [0.15, 0.2) is 24.3 Å². The van der Waals surface area contributed by atoms with Crippen molar-refractivity contribution in [2.24, 2.45) is 5.92 Å². The molecule has 1 fully saturated rings. The molecule has 0 radical (unpaired) electrons. The van der Waals surface area contributed by atoms with Crippen molar-refractivity contribution in [3.63, 3.8) is 0 Å². The van der Waals surface area contributed by atoms with Crippen LogP contribution in [0.1, 0.15) is 33.1 Å². The van der Waals surface area contributed by atoms with Gasteiger partial charge >= 0.3 is 5.97 Å². The predicted molar refractivity (Wildman–Crippen MR) is 96.8 cm³/mol. The van der Waals surface area contributed by atoms with Crippen LogP contribution in [-0.2, 0) is 19.1 Å². The van der Waals surface area contributed by atoms with E-state index in [1.165, 1.54) is 14.0 Å². The Labute approximate surface area is 153 Å². The van der Waals surface area contributed by atoms with Crippen LogP contribution in [0.25, 0.3) is 0 Å². The van der Waals surface area contributed by atoms with Crippen molar-refractivity contribution in [3.05, 3.63) is 24.3 Å². The van der Waals surface area contributed by atoms with E-state index in [1.54, 1.807) is 36.1 Å². The molecule has 0 aliphatic carbocycles. The molecule has 1 N–H and O–H groups in total. The Bertz CT molecular complexity index is 661. The highest BCUT2D eigenvalue weighted by Gasteiger charge is 2.31. The molecule has 26 heavy (non-hydrogen) atoms. The van der Waals surface area contributed by atoms with Gasteiger partial charge in [-0.05, 0) is 31.9 Å². The molecule has 1 aromatic carbocycles.